The Hall–Kier alpha value is -3.57. The van der Waals surface area contributed by atoms with Gasteiger partial charge in [0.25, 0.3) is 15.9 Å². The molecule has 11 heteroatoms. The summed E-state index contributed by atoms with van der Waals surface area (Å²) in [5.41, 5.74) is 1.18. The number of carbonyl (C=O) groups excluding carboxylic acids is 2. The van der Waals surface area contributed by atoms with Gasteiger partial charge in [0.05, 0.1) is 10.7 Å². The number of allylic oxidation sites excluding steroid dienone is 1. The molecule has 34 heavy (non-hydrogen) atoms. The predicted octanol–water partition coefficient (Wildman–Crippen LogP) is 4.60. The van der Waals surface area contributed by atoms with E-state index in [1.165, 1.54) is 30.4 Å². The number of nitrogens with one attached hydrogen (secondary N) is 1. The van der Waals surface area contributed by atoms with E-state index in [2.05, 4.69) is 21.5 Å². The summed E-state index contributed by atoms with van der Waals surface area (Å²) in [4.78, 5) is 26.1. The molecule has 1 aromatic heterocycles. The third kappa shape index (κ3) is 6.27. The molecule has 0 bridgehead atoms. The molecule has 2 amide bonds. The van der Waals surface area contributed by atoms with E-state index < -0.39 is 16.1 Å². The molecule has 2 aromatic carbocycles. The Kier molecular flexibility index (Phi) is 8.13. The van der Waals surface area contributed by atoms with Crippen LogP contribution in [0.1, 0.15) is 37.0 Å². The fraction of sp³-hybridized carbons (Fsp3) is 0.217. The van der Waals surface area contributed by atoms with Crippen LogP contribution in [-0.4, -0.2) is 37.2 Å². The number of carbonyl (C=O) groups is 2. The first-order valence-electron chi connectivity index (χ1n) is 10.4. The average molecular weight is 501 g/mol. The maximum Gasteiger partial charge on any atom is 0.426 e. The minimum absolute atomic E-state index is 0.0637. The highest BCUT2D eigenvalue weighted by Gasteiger charge is 2.22. The van der Waals surface area contributed by atoms with Gasteiger partial charge < -0.3 is 4.74 Å². The second kappa shape index (κ2) is 11.0. The van der Waals surface area contributed by atoms with Crippen LogP contribution in [0.25, 0.3) is 10.6 Å². The summed E-state index contributed by atoms with van der Waals surface area (Å²) in [6, 6.07) is 14.8. The van der Waals surface area contributed by atoms with Crippen LogP contribution in [0.3, 0.4) is 0 Å². The standard InChI is InChI=1S/C23H24N4O5S2/c1-4-5-15-27(21(28)18-9-7-6-8-10-18)22-25-24-20(33-22)17-11-13-19(14-12-17)34(30,31)26-23(29)32-16(2)3/h6-14H,2,4-5,15H2,1,3H3,(H,26,29). The Bertz CT molecular complexity index is 1270. The SMILES string of the molecule is C=C(C)OC(=O)NS(=O)(=O)c1ccc(-c2nnc(N(CCCC)C(=O)c3ccccc3)s2)cc1. The monoisotopic (exact) mass is 500 g/mol. The van der Waals surface area contributed by atoms with Gasteiger partial charge in [0.15, 0.2) is 0 Å². The average Bonchev–Trinajstić information content (AvgIpc) is 3.29. The van der Waals surface area contributed by atoms with Gasteiger partial charge in [-0.15, -0.1) is 10.2 Å². The van der Waals surface area contributed by atoms with Crippen LogP contribution in [0.15, 0.2) is 71.8 Å². The van der Waals surface area contributed by atoms with Gasteiger partial charge in [-0.25, -0.2) is 17.9 Å². The number of benzene rings is 2. The Balaban J connectivity index is 1.81. The Labute approximate surface area is 202 Å². The lowest BCUT2D eigenvalue weighted by atomic mass is 10.2. The van der Waals surface area contributed by atoms with E-state index in [0.717, 1.165) is 12.8 Å². The molecule has 0 unspecified atom stereocenters. The van der Waals surface area contributed by atoms with Crippen molar-refractivity contribution in [1.82, 2.24) is 14.9 Å². The molecule has 1 heterocycles. The topological polar surface area (TPSA) is 119 Å². The lowest BCUT2D eigenvalue weighted by Gasteiger charge is -2.19. The number of unbranched alkanes of at least 4 members (excludes halogenated alkanes) is 1. The maximum absolute atomic E-state index is 13.1. The molecule has 3 aromatic rings. The Morgan fingerprint density at radius 3 is 2.38 bits per heavy atom. The molecule has 3 rings (SSSR count). The van der Waals surface area contributed by atoms with E-state index in [4.69, 9.17) is 0 Å². The molecule has 178 valence electrons. The van der Waals surface area contributed by atoms with Gasteiger partial charge in [-0.2, -0.15) is 0 Å². The summed E-state index contributed by atoms with van der Waals surface area (Å²) in [7, 11) is -4.12. The van der Waals surface area contributed by atoms with Crippen LogP contribution < -0.4 is 9.62 Å². The van der Waals surface area contributed by atoms with Crippen molar-refractivity contribution in [2.75, 3.05) is 11.4 Å². The van der Waals surface area contributed by atoms with Crippen molar-refractivity contribution in [3.8, 4) is 10.6 Å². The molecule has 0 atom stereocenters. The number of rotatable bonds is 9. The van der Waals surface area contributed by atoms with Gasteiger partial charge >= 0.3 is 6.09 Å². The first-order chi connectivity index (χ1) is 16.2. The zero-order chi connectivity index (χ0) is 24.7. The lowest BCUT2D eigenvalue weighted by molar-refractivity contribution is 0.0986. The second-order valence-electron chi connectivity index (χ2n) is 7.29. The highest BCUT2D eigenvalue weighted by atomic mass is 32.2. The molecule has 0 aliphatic carbocycles. The minimum Gasteiger partial charge on any atom is -0.415 e. The molecular weight excluding hydrogens is 476 g/mol. The molecule has 0 saturated carbocycles. The zero-order valence-electron chi connectivity index (χ0n) is 18.7. The number of amides is 2. The van der Waals surface area contributed by atoms with Gasteiger partial charge in [0.1, 0.15) is 5.01 Å². The smallest absolute Gasteiger partial charge is 0.415 e. The fourth-order valence-corrected chi connectivity index (χ4v) is 4.65. The van der Waals surface area contributed by atoms with E-state index in [1.807, 2.05) is 17.7 Å². The van der Waals surface area contributed by atoms with Crippen molar-refractivity contribution in [3.63, 3.8) is 0 Å². The number of aromatic nitrogens is 2. The molecule has 0 spiro atoms. The van der Waals surface area contributed by atoms with Crippen molar-refractivity contribution >= 4 is 38.5 Å². The molecular formula is C23H24N4O5S2. The van der Waals surface area contributed by atoms with Gasteiger partial charge in [-0.05, 0) is 37.6 Å². The van der Waals surface area contributed by atoms with Crippen LogP contribution >= 0.6 is 11.3 Å². The summed E-state index contributed by atoms with van der Waals surface area (Å²) in [5.74, 6) is -0.0974. The van der Waals surface area contributed by atoms with Crippen molar-refractivity contribution in [1.29, 1.82) is 0 Å². The zero-order valence-corrected chi connectivity index (χ0v) is 20.4. The lowest BCUT2D eigenvalue weighted by Crippen LogP contribution is -2.31. The van der Waals surface area contributed by atoms with Crippen molar-refractivity contribution in [2.24, 2.45) is 0 Å². The van der Waals surface area contributed by atoms with Gasteiger partial charge in [0, 0.05) is 17.7 Å². The first kappa shape index (κ1) is 25.1. The summed E-state index contributed by atoms with van der Waals surface area (Å²) in [6.45, 7) is 7.36. The normalized spacial score (nSPS) is 11.0. The fourth-order valence-electron chi connectivity index (χ4n) is 2.90. The Morgan fingerprint density at radius 1 is 1.09 bits per heavy atom. The minimum atomic E-state index is -4.12. The molecule has 0 radical (unpaired) electrons. The second-order valence-corrected chi connectivity index (χ2v) is 9.93. The predicted molar refractivity (Wildman–Crippen MR) is 130 cm³/mol. The molecule has 9 nitrogen and oxygen atoms in total. The highest BCUT2D eigenvalue weighted by Crippen LogP contribution is 2.30. The van der Waals surface area contributed by atoms with Crippen LogP contribution in [0.2, 0.25) is 0 Å². The summed E-state index contributed by atoms with van der Waals surface area (Å²) in [5, 5.41) is 9.37. The number of ether oxygens (including phenoxy) is 1. The van der Waals surface area contributed by atoms with Crippen molar-refractivity contribution in [3.05, 3.63) is 72.5 Å². The number of anilines is 1. The number of hydrogen-bond acceptors (Lipinski definition) is 8. The van der Waals surface area contributed by atoms with E-state index in [0.29, 0.717) is 27.8 Å². The van der Waals surface area contributed by atoms with E-state index in [1.54, 1.807) is 41.3 Å². The van der Waals surface area contributed by atoms with Crippen LogP contribution in [0.5, 0.6) is 0 Å². The van der Waals surface area contributed by atoms with Gasteiger partial charge in [0.2, 0.25) is 5.13 Å². The third-order valence-electron chi connectivity index (χ3n) is 4.54. The Morgan fingerprint density at radius 2 is 1.76 bits per heavy atom. The van der Waals surface area contributed by atoms with E-state index in [-0.39, 0.29) is 16.6 Å². The van der Waals surface area contributed by atoms with E-state index >= 15 is 0 Å². The number of hydrogen-bond donors (Lipinski definition) is 1. The van der Waals surface area contributed by atoms with Crippen LogP contribution in [0.4, 0.5) is 9.93 Å². The van der Waals surface area contributed by atoms with E-state index in [9.17, 15) is 18.0 Å². The van der Waals surface area contributed by atoms with Crippen molar-refractivity contribution in [2.45, 2.75) is 31.6 Å². The van der Waals surface area contributed by atoms with Crippen LogP contribution in [0, 0.1) is 0 Å². The molecule has 0 aliphatic rings. The number of nitrogens with zero attached hydrogens (tertiary/aromatic N) is 3. The largest absolute Gasteiger partial charge is 0.426 e. The third-order valence-corrected chi connectivity index (χ3v) is 6.87. The van der Waals surface area contributed by atoms with Crippen molar-refractivity contribution < 1.29 is 22.7 Å². The quantitative estimate of drug-likeness (QED) is 0.427. The molecule has 0 saturated heterocycles. The highest BCUT2D eigenvalue weighted by molar-refractivity contribution is 7.90. The summed E-state index contributed by atoms with van der Waals surface area (Å²) >= 11 is 1.23. The maximum atomic E-state index is 13.1. The van der Waals surface area contributed by atoms with Gasteiger partial charge in [-0.3, -0.25) is 9.69 Å². The number of sulfonamides is 1. The molecule has 0 aliphatic heterocycles. The van der Waals surface area contributed by atoms with Gasteiger partial charge in [-0.1, -0.05) is 61.6 Å². The molecule has 0 fully saturated rings. The van der Waals surface area contributed by atoms with Crippen LogP contribution in [-0.2, 0) is 14.8 Å². The molecule has 1 N–H and O–H groups in total. The first-order valence-corrected chi connectivity index (χ1v) is 12.7. The summed E-state index contributed by atoms with van der Waals surface area (Å²) in [6.07, 6.45) is 0.579. The summed E-state index contributed by atoms with van der Waals surface area (Å²) < 4.78 is 31.2.